The summed E-state index contributed by atoms with van der Waals surface area (Å²) in [7, 11) is 1.81. The van der Waals surface area contributed by atoms with E-state index < -0.39 is 18.8 Å². The van der Waals surface area contributed by atoms with E-state index >= 15 is 0 Å². The Bertz CT molecular complexity index is 1760. The first-order valence-electron chi connectivity index (χ1n) is 12.4. The van der Waals surface area contributed by atoms with Crippen molar-refractivity contribution in [3.8, 4) is 39.5 Å². The maximum Gasteiger partial charge on any atom is 0.272 e. The van der Waals surface area contributed by atoms with Gasteiger partial charge in [0.15, 0.2) is 0 Å². The number of thiophene rings is 1. The predicted octanol–water partition coefficient (Wildman–Crippen LogP) is 5.54. The molecule has 0 unspecified atom stereocenters. The molecule has 12 heteroatoms. The van der Waals surface area contributed by atoms with Crippen LogP contribution in [0, 0.1) is 5.82 Å². The average Bonchev–Trinajstić information content (AvgIpc) is 3.70. The number of ether oxygens (including phenoxy) is 1. The number of alkyl halides is 2. The standard InChI is InChI=1S/C28H23F3N6O2S/c1-3-24(38)36-7-8-37-18(14-36)11-21(34-37)27-25(19-5-4-17(29)10-22(19)39-15-23(30)31)28-20(6-9-40-28)26(33-27)16-12-32-35(2)13-16/h3-6,9-13,23H,1,7-8,14-15H2,2H3. The van der Waals surface area contributed by atoms with Crippen LogP contribution in [0.1, 0.15) is 5.69 Å². The zero-order valence-corrected chi connectivity index (χ0v) is 22.2. The third-order valence-corrected chi connectivity index (χ3v) is 7.62. The number of benzene rings is 1. The second-order valence-electron chi connectivity index (χ2n) is 9.30. The van der Waals surface area contributed by atoms with E-state index in [0.717, 1.165) is 27.4 Å². The molecule has 1 amide bonds. The Morgan fingerprint density at radius 3 is 2.83 bits per heavy atom. The monoisotopic (exact) mass is 564 g/mol. The minimum atomic E-state index is -2.73. The fourth-order valence-electron chi connectivity index (χ4n) is 4.90. The number of aryl methyl sites for hydroxylation is 1. The van der Waals surface area contributed by atoms with Crippen LogP contribution in [0.3, 0.4) is 0 Å². The number of halogens is 3. The van der Waals surface area contributed by atoms with Crippen LogP contribution in [0.25, 0.3) is 43.9 Å². The van der Waals surface area contributed by atoms with Gasteiger partial charge in [-0.2, -0.15) is 10.2 Å². The van der Waals surface area contributed by atoms with E-state index in [1.807, 2.05) is 35.4 Å². The number of carbonyl (C=O) groups excluding carboxylic acids is 1. The minimum absolute atomic E-state index is 0.0149. The predicted molar refractivity (Wildman–Crippen MR) is 146 cm³/mol. The molecule has 1 aliphatic rings. The highest BCUT2D eigenvalue weighted by molar-refractivity contribution is 7.18. The van der Waals surface area contributed by atoms with Crippen molar-refractivity contribution < 1.29 is 22.7 Å². The van der Waals surface area contributed by atoms with Gasteiger partial charge in [-0.25, -0.2) is 18.2 Å². The normalized spacial score (nSPS) is 13.2. The van der Waals surface area contributed by atoms with Gasteiger partial charge in [-0.3, -0.25) is 14.2 Å². The van der Waals surface area contributed by atoms with Crippen LogP contribution in [0.4, 0.5) is 13.2 Å². The Labute approximate surface area is 230 Å². The van der Waals surface area contributed by atoms with Crippen molar-refractivity contribution in [2.75, 3.05) is 13.2 Å². The maximum atomic E-state index is 14.3. The molecular formula is C28H23F3N6O2S. The Kier molecular flexibility index (Phi) is 6.62. The molecule has 0 N–H and O–H groups in total. The van der Waals surface area contributed by atoms with Crippen molar-refractivity contribution in [1.82, 2.24) is 29.4 Å². The molecule has 1 aliphatic heterocycles. The Morgan fingerprint density at radius 1 is 1.23 bits per heavy atom. The molecule has 0 atom stereocenters. The molecule has 0 fully saturated rings. The molecular weight excluding hydrogens is 541 g/mol. The van der Waals surface area contributed by atoms with Gasteiger partial charge in [0.1, 0.15) is 29.6 Å². The summed E-state index contributed by atoms with van der Waals surface area (Å²) in [6, 6.07) is 7.68. The molecule has 0 bridgehead atoms. The number of nitrogens with zero attached hydrogens (tertiary/aromatic N) is 6. The first kappa shape index (κ1) is 25.8. The van der Waals surface area contributed by atoms with E-state index in [2.05, 4.69) is 11.7 Å². The molecule has 204 valence electrons. The summed E-state index contributed by atoms with van der Waals surface area (Å²) in [6.45, 7) is 4.01. The van der Waals surface area contributed by atoms with Gasteiger partial charge in [0.25, 0.3) is 6.43 Å². The summed E-state index contributed by atoms with van der Waals surface area (Å²) < 4.78 is 50.2. The van der Waals surface area contributed by atoms with E-state index in [4.69, 9.17) is 14.8 Å². The van der Waals surface area contributed by atoms with E-state index in [1.165, 1.54) is 29.5 Å². The number of hydrogen-bond donors (Lipinski definition) is 0. The molecule has 1 aromatic carbocycles. The van der Waals surface area contributed by atoms with Crippen molar-refractivity contribution in [1.29, 1.82) is 0 Å². The molecule has 0 saturated heterocycles. The molecule has 0 spiro atoms. The first-order chi connectivity index (χ1) is 19.3. The van der Waals surface area contributed by atoms with Gasteiger partial charge >= 0.3 is 0 Å². The lowest BCUT2D eigenvalue weighted by Crippen LogP contribution is -2.37. The minimum Gasteiger partial charge on any atom is -0.487 e. The van der Waals surface area contributed by atoms with Crippen LogP contribution < -0.4 is 4.74 Å². The van der Waals surface area contributed by atoms with E-state index in [9.17, 15) is 18.0 Å². The number of hydrogen-bond acceptors (Lipinski definition) is 6. The summed E-state index contributed by atoms with van der Waals surface area (Å²) in [5, 5.41) is 11.9. The number of fused-ring (bicyclic) bond motifs is 2. The quantitative estimate of drug-likeness (QED) is 0.243. The SMILES string of the molecule is C=CC(=O)N1CCn2nc(-c3nc(-c4cnn(C)c4)c4ccsc4c3-c3ccc(F)cc3OCC(F)F)cc2C1. The zero-order chi connectivity index (χ0) is 28.0. The summed E-state index contributed by atoms with van der Waals surface area (Å²) in [6.07, 6.45) is 2.13. The number of rotatable bonds is 7. The highest BCUT2D eigenvalue weighted by atomic mass is 32.1. The van der Waals surface area contributed by atoms with E-state index in [-0.39, 0.29) is 11.7 Å². The lowest BCUT2D eigenvalue weighted by atomic mass is 9.97. The topological polar surface area (TPSA) is 78.1 Å². The number of amides is 1. The molecule has 0 saturated carbocycles. The molecule has 6 rings (SSSR count). The van der Waals surface area contributed by atoms with Crippen molar-refractivity contribution in [2.45, 2.75) is 19.5 Å². The van der Waals surface area contributed by atoms with Crippen LogP contribution in [0.2, 0.25) is 0 Å². The first-order valence-corrected chi connectivity index (χ1v) is 13.3. The summed E-state index contributed by atoms with van der Waals surface area (Å²) in [5.41, 5.74) is 4.30. The van der Waals surface area contributed by atoms with Crippen LogP contribution in [0.15, 0.2) is 60.8 Å². The Hall–Kier alpha value is -4.45. The molecule has 0 radical (unpaired) electrons. The molecule has 4 aromatic heterocycles. The molecule has 0 aliphatic carbocycles. The lowest BCUT2D eigenvalue weighted by Gasteiger charge is -2.26. The van der Waals surface area contributed by atoms with Gasteiger partial charge in [0.2, 0.25) is 5.91 Å². The second kappa shape index (κ2) is 10.3. The van der Waals surface area contributed by atoms with Crippen molar-refractivity contribution in [2.24, 2.45) is 7.05 Å². The smallest absolute Gasteiger partial charge is 0.272 e. The van der Waals surface area contributed by atoms with Crippen molar-refractivity contribution in [3.05, 3.63) is 72.3 Å². The highest BCUT2D eigenvalue weighted by Gasteiger charge is 2.27. The maximum absolute atomic E-state index is 14.3. The second-order valence-corrected chi connectivity index (χ2v) is 10.2. The Morgan fingerprint density at radius 2 is 2.08 bits per heavy atom. The van der Waals surface area contributed by atoms with Crippen LogP contribution in [-0.4, -0.2) is 54.9 Å². The van der Waals surface area contributed by atoms with Crippen LogP contribution in [0.5, 0.6) is 5.75 Å². The molecule has 5 heterocycles. The third-order valence-electron chi connectivity index (χ3n) is 6.69. The highest BCUT2D eigenvalue weighted by Crippen LogP contribution is 2.46. The van der Waals surface area contributed by atoms with Gasteiger partial charge in [-0.05, 0) is 35.7 Å². The van der Waals surface area contributed by atoms with Gasteiger partial charge in [0.05, 0.1) is 30.7 Å². The fraction of sp³-hybridized carbons (Fsp3) is 0.214. The number of aromatic nitrogens is 5. The van der Waals surface area contributed by atoms with E-state index in [0.29, 0.717) is 47.8 Å². The number of carbonyl (C=O) groups is 1. The summed E-state index contributed by atoms with van der Waals surface area (Å²) >= 11 is 1.45. The molecule has 8 nitrogen and oxygen atoms in total. The van der Waals surface area contributed by atoms with E-state index in [1.54, 1.807) is 15.8 Å². The van der Waals surface area contributed by atoms with Gasteiger partial charge in [-0.15, -0.1) is 11.3 Å². The fourth-order valence-corrected chi connectivity index (χ4v) is 5.85. The molecule has 40 heavy (non-hydrogen) atoms. The average molecular weight is 565 g/mol. The van der Waals surface area contributed by atoms with Crippen molar-refractivity contribution in [3.63, 3.8) is 0 Å². The third kappa shape index (κ3) is 4.64. The Balaban J connectivity index is 1.59. The zero-order valence-electron chi connectivity index (χ0n) is 21.4. The molecule has 5 aromatic rings. The lowest BCUT2D eigenvalue weighted by molar-refractivity contribution is -0.127. The van der Waals surface area contributed by atoms with Gasteiger partial charge < -0.3 is 9.64 Å². The van der Waals surface area contributed by atoms with Crippen LogP contribution >= 0.6 is 11.3 Å². The van der Waals surface area contributed by atoms with Gasteiger partial charge in [-0.1, -0.05) is 6.58 Å². The summed E-state index contributed by atoms with van der Waals surface area (Å²) in [5.74, 6) is -0.793. The van der Waals surface area contributed by atoms with Crippen molar-refractivity contribution >= 4 is 27.3 Å². The largest absolute Gasteiger partial charge is 0.487 e. The summed E-state index contributed by atoms with van der Waals surface area (Å²) in [4.78, 5) is 19.0. The van der Waals surface area contributed by atoms with Gasteiger partial charge in [0, 0.05) is 52.6 Å². The number of pyridine rings is 1. The van der Waals surface area contributed by atoms with Crippen LogP contribution in [-0.2, 0) is 24.9 Å².